The van der Waals surface area contributed by atoms with Crippen LogP contribution in [0.25, 0.3) is 5.76 Å². The Balaban J connectivity index is 1.57. The molecule has 2 aromatic heterocycles. The molecule has 1 saturated heterocycles. The first-order valence-electron chi connectivity index (χ1n) is 13.2. The minimum Gasteiger partial charge on any atom is -0.507 e. The molecule has 5 rings (SSSR count). The van der Waals surface area contributed by atoms with Gasteiger partial charge in [-0.15, -0.1) is 10.2 Å². The number of carbonyl (C=O) groups excluding carboxylic acids is 2. The van der Waals surface area contributed by atoms with E-state index in [4.69, 9.17) is 21.1 Å². The Hall–Kier alpha value is -3.93. The van der Waals surface area contributed by atoms with Gasteiger partial charge in [-0.25, -0.2) is 0 Å². The fourth-order valence-electron chi connectivity index (χ4n) is 4.42. The summed E-state index contributed by atoms with van der Waals surface area (Å²) in [5.74, 6) is -0.410. The van der Waals surface area contributed by atoms with Crippen molar-refractivity contribution in [1.82, 2.24) is 15.2 Å². The molecule has 1 atom stereocenters. The molecule has 0 spiro atoms. The van der Waals surface area contributed by atoms with E-state index in [0.29, 0.717) is 51.0 Å². The third kappa shape index (κ3) is 6.13. The topological polar surface area (TPSA) is 115 Å². The van der Waals surface area contributed by atoms with Crippen LogP contribution in [0.2, 0.25) is 5.02 Å². The van der Waals surface area contributed by atoms with Crippen LogP contribution in [0.5, 0.6) is 11.5 Å². The number of Topliss-reactive ketones (excluding diaryl/α,β-unsaturated/α-hetero) is 1. The molecule has 0 aliphatic carbocycles. The Labute approximate surface area is 256 Å². The number of benzene rings is 2. The van der Waals surface area contributed by atoms with Gasteiger partial charge in [0, 0.05) is 28.7 Å². The zero-order valence-electron chi connectivity index (χ0n) is 22.8. The minimum absolute atomic E-state index is 0.0728. The van der Waals surface area contributed by atoms with Crippen LogP contribution in [-0.4, -0.2) is 45.2 Å². The second-order valence-corrected chi connectivity index (χ2v) is 11.7. The van der Waals surface area contributed by atoms with Crippen molar-refractivity contribution in [2.24, 2.45) is 0 Å². The predicted octanol–water partition coefficient (Wildman–Crippen LogP) is 6.69. The van der Waals surface area contributed by atoms with Crippen molar-refractivity contribution in [1.29, 1.82) is 0 Å². The molecule has 9 nitrogen and oxygen atoms in total. The summed E-state index contributed by atoms with van der Waals surface area (Å²) in [4.78, 5) is 32.4. The van der Waals surface area contributed by atoms with Crippen molar-refractivity contribution in [2.45, 2.75) is 36.4 Å². The van der Waals surface area contributed by atoms with Gasteiger partial charge in [-0.3, -0.25) is 19.5 Å². The van der Waals surface area contributed by atoms with Gasteiger partial charge in [-0.2, -0.15) is 0 Å². The lowest BCUT2D eigenvalue weighted by Gasteiger charge is -2.23. The minimum atomic E-state index is -0.994. The van der Waals surface area contributed by atoms with Crippen LogP contribution in [0.15, 0.2) is 76.9 Å². The molecular weight excluding hydrogens is 596 g/mol. The molecule has 0 bridgehead atoms. The number of hydrogen-bond donors (Lipinski definition) is 1. The van der Waals surface area contributed by atoms with E-state index >= 15 is 0 Å². The summed E-state index contributed by atoms with van der Waals surface area (Å²) < 4.78 is 12.3. The second kappa shape index (κ2) is 13.4. The predicted molar refractivity (Wildman–Crippen MR) is 163 cm³/mol. The number of aliphatic hydroxyl groups excluding tert-OH is 1. The van der Waals surface area contributed by atoms with E-state index in [0.717, 1.165) is 12.0 Å². The lowest BCUT2D eigenvalue weighted by molar-refractivity contribution is -0.132. The average molecular weight is 623 g/mol. The number of nitrogens with zero attached hydrogens (tertiary/aromatic N) is 4. The Morgan fingerprint density at radius 2 is 1.83 bits per heavy atom. The smallest absolute Gasteiger partial charge is 0.301 e. The first kappa shape index (κ1) is 29.6. The number of pyridine rings is 1. The van der Waals surface area contributed by atoms with E-state index in [1.165, 1.54) is 40.4 Å². The summed E-state index contributed by atoms with van der Waals surface area (Å²) in [6, 6.07) is 14.9. The second-order valence-electron chi connectivity index (χ2n) is 9.12. The first-order chi connectivity index (χ1) is 20.4. The summed E-state index contributed by atoms with van der Waals surface area (Å²) in [5, 5.41) is 20.7. The van der Waals surface area contributed by atoms with Crippen molar-refractivity contribution in [3.05, 3.63) is 94.3 Å². The van der Waals surface area contributed by atoms with Gasteiger partial charge < -0.3 is 14.6 Å². The van der Waals surface area contributed by atoms with Gasteiger partial charge in [0.2, 0.25) is 5.13 Å². The van der Waals surface area contributed by atoms with E-state index in [9.17, 15) is 14.7 Å². The molecule has 1 fully saturated rings. The number of rotatable bonds is 11. The van der Waals surface area contributed by atoms with Crippen molar-refractivity contribution in [3.8, 4) is 11.5 Å². The van der Waals surface area contributed by atoms with Crippen LogP contribution in [-0.2, 0) is 15.3 Å². The molecule has 1 aliphatic rings. The highest BCUT2D eigenvalue weighted by Crippen LogP contribution is 2.45. The number of ether oxygens (including phenoxy) is 2. The number of halogens is 1. The Kier molecular flexibility index (Phi) is 9.41. The van der Waals surface area contributed by atoms with Gasteiger partial charge in [-0.05, 0) is 54.8 Å². The highest BCUT2D eigenvalue weighted by molar-refractivity contribution is 8.00. The number of aromatic nitrogens is 3. The molecule has 2 aromatic carbocycles. The number of thioether (sulfide) groups is 1. The monoisotopic (exact) mass is 622 g/mol. The van der Waals surface area contributed by atoms with Crippen LogP contribution in [0.3, 0.4) is 0 Å². The van der Waals surface area contributed by atoms with Crippen LogP contribution in [0.4, 0.5) is 5.13 Å². The van der Waals surface area contributed by atoms with E-state index in [2.05, 4.69) is 15.2 Å². The average Bonchev–Trinajstić information content (AvgIpc) is 3.58. The molecule has 1 N–H and O–H groups in total. The third-order valence-corrected chi connectivity index (χ3v) is 8.83. The van der Waals surface area contributed by atoms with Crippen molar-refractivity contribution in [2.75, 3.05) is 18.1 Å². The number of carbonyl (C=O) groups is 2. The lowest BCUT2D eigenvalue weighted by atomic mass is 9.95. The Morgan fingerprint density at radius 3 is 2.57 bits per heavy atom. The standard InChI is InChI=1S/C30H27ClN4O5S2/c1-3-15-40-22-10-9-19(16-23(22)39-4-2)25-24(26(36)18-11-13-32-14-12-18)27(37)28(38)35(25)29-33-34-30(42-29)41-17-20-7-5-6-8-21(20)31/h5-14,16,25,36H,3-4,15,17H2,1-2H3/b26-24+. The number of anilines is 1. The van der Waals surface area contributed by atoms with E-state index in [1.807, 2.05) is 38.1 Å². The molecule has 0 saturated carbocycles. The molecule has 42 heavy (non-hydrogen) atoms. The Bertz CT molecular complexity index is 1630. The fraction of sp³-hybridized carbons (Fsp3) is 0.233. The fourth-order valence-corrected chi connectivity index (χ4v) is 6.57. The van der Waals surface area contributed by atoms with Gasteiger partial charge in [0.1, 0.15) is 5.76 Å². The van der Waals surface area contributed by atoms with Gasteiger partial charge in [-0.1, -0.05) is 65.9 Å². The number of ketones is 1. The maximum absolute atomic E-state index is 13.6. The number of amides is 1. The molecule has 3 heterocycles. The van der Waals surface area contributed by atoms with Crippen LogP contribution in [0, 0.1) is 0 Å². The SMILES string of the molecule is CCCOc1ccc(C2/C(=C(\O)c3ccncc3)C(=O)C(=O)N2c2nnc(SCc3ccccc3Cl)s2)cc1OCC. The summed E-state index contributed by atoms with van der Waals surface area (Å²) in [5.41, 5.74) is 1.76. The van der Waals surface area contributed by atoms with Gasteiger partial charge in [0.05, 0.1) is 24.8 Å². The largest absolute Gasteiger partial charge is 0.507 e. The van der Waals surface area contributed by atoms with Gasteiger partial charge in [0.15, 0.2) is 15.8 Å². The van der Waals surface area contributed by atoms with E-state index in [-0.39, 0.29) is 16.5 Å². The summed E-state index contributed by atoms with van der Waals surface area (Å²) in [6.45, 7) is 4.74. The van der Waals surface area contributed by atoms with Crippen molar-refractivity contribution in [3.63, 3.8) is 0 Å². The quantitative estimate of drug-likeness (QED) is 0.0642. The van der Waals surface area contributed by atoms with Gasteiger partial charge >= 0.3 is 5.91 Å². The molecule has 12 heteroatoms. The van der Waals surface area contributed by atoms with Crippen LogP contribution < -0.4 is 14.4 Å². The van der Waals surface area contributed by atoms with Gasteiger partial charge in [0.25, 0.3) is 5.78 Å². The number of hydrogen-bond acceptors (Lipinski definition) is 10. The van der Waals surface area contributed by atoms with E-state index < -0.39 is 17.7 Å². The Morgan fingerprint density at radius 1 is 1.05 bits per heavy atom. The van der Waals surface area contributed by atoms with Crippen molar-refractivity contribution >= 4 is 57.3 Å². The summed E-state index contributed by atoms with van der Waals surface area (Å²) in [7, 11) is 0. The zero-order chi connectivity index (χ0) is 29.6. The maximum atomic E-state index is 13.6. The molecule has 0 radical (unpaired) electrons. The highest BCUT2D eigenvalue weighted by Gasteiger charge is 2.48. The molecule has 1 aliphatic heterocycles. The third-order valence-electron chi connectivity index (χ3n) is 6.35. The van der Waals surface area contributed by atoms with Crippen molar-refractivity contribution < 1.29 is 24.2 Å². The molecule has 216 valence electrons. The number of aliphatic hydroxyl groups is 1. The highest BCUT2D eigenvalue weighted by atomic mass is 35.5. The van der Waals surface area contributed by atoms with E-state index in [1.54, 1.807) is 30.3 Å². The first-order valence-corrected chi connectivity index (χ1v) is 15.4. The van der Waals surface area contributed by atoms with Crippen LogP contribution in [0.1, 0.15) is 43.0 Å². The van der Waals surface area contributed by atoms with Crippen LogP contribution >= 0.6 is 34.7 Å². The zero-order valence-corrected chi connectivity index (χ0v) is 25.2. The lowest BCUT2D eigenvalue weighted by Crippen LogP contribution is -2.29. The molecule has 1 amide bonds. The summed E-state index contributed by atoms with van der Waals surface area (Å²) in [6.07, 6.45) is 3.81. The molecule has 4 aromatic rings. The molecule has 1 unspecified atom stereocenters. The molecular formula is C30H27ClN4O5S2. The maximum Gasteiger partial charge on any atom is 0.301 e. The normalized spacial score (nSPS) is 16.2. The summed E-state index contributed by atoms with van der Waals surface area (Å²) >= 11 is 8.90.